The number of benzene rings is 1. The zero-order valence-electron chi connectivity index (χ0n) is 8.94. The van der Waals surface area contributed by atoms with Gasteiger partial charge in [0.05, 0.1) is 5.00 Å². The van der Waals surface area contributed by atoms with Crippen LogP contribution in [0.15, 0.2) is 35.7 Å². The Labute approximate surface area is 108 Å². The van der Waals surface area contributed by atoms with Gasteiger partial charge in [0, 0.05) is 17.4 Å². The fourth-order valence-corrected chi connectivity index (χ4v) is 3.16. The standard InChI is InChI=1S/C13H10ClNOS/c14-9-3-1-8(2-4-9)11-7-12(16)15-13-10(11)5-6-17-13/h1-6,11H,7H2,(H,15,16). The Kier molecular flexibility index (Phi) is 2.65. The molecule has 0 saturated carbocycles. The van der Waals surface area contributed by atoms with Gasteiger partial charge in [0.2, 0.25) is 5.91 Å². The quantitative estimate of drug-likeness (QED) is 0.831. The average molecular weight is 264 g/mol. The average Bonchev–Trinajstić information content (AvgIpc) is 2.77. The molecule has 0 radical (unpaired) electrons. The topological polar surface area (TPSA) is 29.1 Å². The van der Waals surface area contributed by atoms with Gasteiger partial charge in [-0.3, -0.25) is 4.79 Å². The molecule has 4 heteroatoms. The van der Waals surface area contributed by atoms with Crippen LogP contribution in [0.3, 0.4) is 0 Å². The van der Waals surface area contributed by atoms with E-state index in [9.17, 15) is 4.79 Å². The van der Waals surface area contributed by atoms with Crippen LogP contribution in [-0.4, -0.2) is 5.91 Å². The minimum Gasteiger partial charge on any atom is -0.317 e. The lowest BCUT2D eigenvalue weighted by molar-refractivity contribution is -0.116. The summed E-state index contributed by atoms with van der Waals surface area (Å²) >= 11 is 7.45. The SMILES string of the molecule is O=C1CC(c2ccc(Cl)cc2)c2ccsc2N1. The lowest BCUT2D eigenvalue weighted by atomic mass is 9.87. The summed E-state index contributed by atoms with van der Waals surface area (Å²) in [6.07, 6.45) is 0.505. The lowest BCUT2D eigenvalue weighted by Crippen LogP contribution is -2.21. The third-order valence-electron chi connectivity index (χ3n) is 2.99. The van der Waals surface area contributed by atoms with E-state index in [0.717, 1.165) is 15.6 Å². The van der Waals surface area contributed by atoms with Crippen molar-refractivity contribution in [3.63, 3.8) is 0 Å². The number of halogens is 1. The van der Waals surface area contributed by atoms with Crippen LogP contribution in [0, 0.1) is 0 Å². The van der Waals surface area contributed by atoms with Crippen LogP contribution in [0.5, 0.6) is 0 Å². The van der Waals surface area contributed by atoms with Crippen molar-refractivity contribution in [3.05, 3.63) is 51.9 Å². The molecule has 0 bridgehead atoms. The second-order valence-electron chi connectivity index (χ2n) is 4.06. The molecule has 1 aromatic heterocycles. The maximum absolute atomic E-state index is 11.6. The van der Waals surface area contributed by atoms with E-state index in [0.29, 0.717) is 6.42 Å². The van der Waals surface area contributed by atoms with Gasteiger partial charge in [0.1, 0.15) is 0 Å². The summed E-state index contributed by atoms with van der Waals surface area (Å²) in [4.78, 5) is 11.6. The second-order valence-corrected chi connectivity index (χ2v) is 5.41. The van der Waals surface area contributed by atoms with Crippen LogP contribution < -0.4 is 5.32 Å². The fraction of sp³-hybridized carbons (Fsp3) is 0.154. The molecule has 2 aromatic rings. The van der Waals surface area contributed by atoms with Crippen molar-refractivity contribution in [1.82, 2.24) is 0 Å². The zero-order valence-corrected chi connectivity index (χ0v) is 10.5. The van der Waals surface area contributed by atoms with Crippen molar-refractivity contribution < 1.29 is 4.79 Å². The van der Waals surface area contributed by atoms with Crippen molar-refractivity contribution in [2.45, 2.75) is 12.3 Å². The smallest absolute Gasteiger partial charge is 0.225 e. The highest BCUT2D eigenvalue weighted by Crippen LogP contribution is 2.40. The van der Waals surface area contributed by atoms with Gasteiger partial charge >= 0.3 is 0 Å². The molecule has 0 fully saturated rings. The van der Waals surface area contributed by atoms with Gasteiger partial charge in [0.25, 0.3) is 0 Å². The molecule has 1 atom stereocenters. The lowest BCUT2D eigenvalue weighted by Gasteiger charge is -2.23. The Balaban J connectivity index is 2.04. The van der Waals surface area contributed by atoms with Crippen molar-refractivity contribution in [3.8, 4) is 0 Å². The van der Waals surface area contributed by atoms with Crippen molar-refractivity contribution >= 4 is 33.8 Å². The van der Waals surface area contributed by atoms with Crippen LogP contribution in [0.25, 0.3) is 0 Å². The van der Waals surface area contributed by atoms with Crippen LogP contribution in [0.2, 0.25) is 5.02 Å². The summed E-state index contributed by atoms with van der Waals surface area (Å²) < 4.78 is 0. The number of fused-ring (bicyclic) bond motifs is 1. The van der Waals surface area contributed by atoms with E-state index in [1.54, 1.807) is 11.3 Å². The number of hydrogen-bond acceptors (Lipinski definition) is 2. The second kappa shape index (κ2) is 4.17. The highest BCUT2D eigenvalue weighted by atomic mass is 35.5. The van der Waals surface area contributed by atoms with Crippen LogP contribution >= 0.6 is 22.9 Å². The first kappa shape index (κ1) is 10.8. The summed E-state index contributed by atoms with van der Waals surface area (Å²) in [7, 11) is 0. The van der Waals surface area contributed by atoms with Crippen LogP contribution in [0.4, 0.5) is 5.00 Å². The molecule has 1 aliphatic rings. The predicted octanol–water partition coefficient (Wildman–Crippen LogP) is 3.88. The molecule has 17 heavy (non-hydrogen) atoms. The number of hydrogen-bond donors (Lipinski definition) is 1. The van der Waals surface area contributed by atoms with Gasteiger partial charge < -0.3 is 5.32 Å². The monoisotopic (exact) mass is 263 g/mol. The maximum Gasteiger partial charge on any atom is 0.225 e. The maximum atomic E-state index is 11.6. The molecule has 2 heterocycles. The van der Waals surface area contributed by atoms with Crippen LogP contribution in [-0.2, 0) is 4.79 Å². The van der Waals surface area contributed by atoms with E-state index in [-0.39, 0.29) is 11.8 Å². The first-order valence-electron chi connectivity index (χ1n) is 5.37. The molecule has 0 spiro atoms. The first-order valence-corrected chi connectivity index (χ1v) is 6.62. The number of carbonyl (C=O) groups is 1. The Hall–Kier alpha value is -1.32. The van der Waals surface area contributed by atoms with Gasteiger partial charge in [0.15, 0.2) is 0 Å². The molecule has 1 amide bonds. The van der Waals surface area contributed by atoms with E-state index < -0.39 is 0 Å². The summed E-state index contributed by atoms with van der Waals surface area (Å²) in [6.45, 7) is 0. The van der Waals surface area contributed by atoms with Crippen molar-refractivity contribution in [2.24, 2.45) is 0 Å². The normalized spacial score (nSPS) is 18.6. The van der Waals surface area contributed by atoms with Gasteiger partial charge in [-0.1, -0.05) is 23.7 Å². The molecule has 0 saturated heterocycles. The molecule has 1 unspecified atom stereocenters. The van der Waals surface area contributed by atoms with Crippen LogP contribution in [0.1, 0.15) is 23.5 Å². The summed E-state index contributed by atoms with van der Waals surface area (Å²) in [5.41, 5.74) is 2.35. The number of rotatable bonds is 1. The van der Waals surface area contributed by atoms with Gasteiger partial charge in [-0.05, 0) is 34.7 Å². The molecule has 1 aliphatic heterocycles. The van der Waals surface area contributed by atoms with Crippen molar-refractivity contribution in [2.75, 3.05) is 5.32 Å². The third-order valence-corrected chi connectivity index (χ3v) is 4.08. The van der Waals surface area contributed by atoms with E-state index in [2.05, 4.69) is 11.4 Å². The van der Waals surface area contributed by atoms with Gasteiger partial charge in [-0.25, -0.2) is 0 Å². The fourth-order valence-electron chi connectivity index (χ4n) is 2.16. The molecular weight excluding hydrogens is 254 g/mol. The Bertz CT molecular complexity index is 561. The number of amides is 1. The minimum atomic E-state index is 0.0832. The molecule has 1 aromatic carbocycles. The molecule has 1 N–H and O–H groups in total. The molecule has 86 valence electrons. The highest BCUT2D eigenvalue weighted by molar-refractivity contribution is 7.14. The Morgan fingerprint density at radius 1 is 1.24 bits per heavy atom. The van der Waals surface area contributed by atoms with E-state index in [1.807, 2.05) is 29.6 Å². The molecule has 2 nitrogen and oxygen atoms in total. The van der Waals surface area contributed by atoms with Gasteiger partial charge in [-0.2, -0.15) is 0 Å². The van der Waals surface area contributed by atoms with E-state index >= 15 is 0 Å². The summed E-state index contributed by atoms with van der Waals surface area (Å²) in [6, 6.07) is 9.81. The van der Waals surface area contributed by atoms with E-state index in [1.165, 1.54) is 5.56 Å². The summed E-state index contributed by atoms with van der Waals surface area (Å²) in [5.74, 6) is 0.238. The predicted molar refractivity (Wildman–Crippen MR) is 70.9 cm³/mol. The first-order chi connectivity index (χ1) is 8.24. The third kappa shape index (κ3) is 1.96. The number of carbonyl (C=O) groups excluding carboxylic acids is 1. The highest BCUT2D eigenvalue weighted by Gasteiger charge is 2.27. The summed E-state index contributed by atoms with van der Waals surface area (Å²) in [5, 5.41) is 6.61. The van der Waals surface area contributed by atoms with Gasteiger partial charge in [-0.15, -0.1) is 11.3 Å². The number of thiophene rings is 1. The molecular formula is C13H10ClNOS. The zero-order chi connectivity index (χ0) is 11.8. The number of nitrogens with one attached hydrogen (secondary N) is 1. The molecule has 3 rings (SSSR count). The van der Waals surface area contributed by atoms with Crippen molar-refractivity contribution in [1.29, 1.82) is 0 Å². The number of anilines is 1. The van der Waals surface area contributed by atoms with E-state index in [4.69, 9.17) is 11.6 Å². The largest absolute Gasteiger partial charge is 0.317 e. The Morgan fingerprint density at radius 3 is 2.76 bits per heavy atom. The molecule has 0 aliphatic carbocycles. The Morgan fingerprint density at radius 2 is 2.00 bits per heavy atom. The minimum absolute atomic E-state index is 0.0832.